The maximum absolute atomic E-state index is 9.34. The molecule has 0 bridgehead atoms. The van der Waals surface area contributed by atoms with Crippen LogP contribution in [-0.4, -0.2) is 19.0 Å². The molecule has 0 aromatic rings. The van der Waals surface area contributed by atoms with Crippen LogP contribution < -0.4 is 0 Å². The standard InChI is InChI=1S/C10H19BO3/c1-2-3-9-13-11(12)14-10-7-5-4-6-8-10/h7,12H,2-6,8-9H2,1H3. The molecule has 14 heavy (non-hydrogen) atoms. The van der Waals surface area contributed by atoms with E-state index in [1.165, 1.54) is 6.42 Å². The van der Waals surface area contributed by atoms with Crippen LogP contribution in [0.1, 0.15) is 45.4 Å². The van der Waals surface area contributed by atoms with Crippen LogP contribution in [0, 0.1) is 0 Å². The van der Waals surface area contributed by atoms with E-state index >= 15 is 0 Å². The lowest BCUT2D eigenvalue weighted by molar-refractivity contribution is 0.157. The second-order valence-electron chi connectivity index (χ2n) is 3.57. The monoisotopic (exact) mass is 198 g/mol. The molecule has 4 heteroatoms. The van der Waals surface area contributed by atoms with Gasteiger partial charge in [-0.15, -0.1) is 0 Å². The number of allylic oxidation sites excluding steroid dienone is 2. The Morgan fingerprint density at radius 2 is 2.36 bits per heavy atom. The van der Waals surface area contributed by atoms with Gasteiger partial charge in [0.1, 0.15) is 0 Å². The molecule has 0 saturated carbocycles. The first-order chi connectivity index (χ1) is 6.83. The van der Waals surface area contributed by atoms with Gasteiger partial charge in [-0.1, -0.05) is 13.3 Å². The molecule has 0 aromatic carbocycles. The van der Waals surface area contributed by atoms with Crippen molar-refractivity contribution in [3.63, 3.8) is 0 Å². The van der Waals surface area contributed by atoms with Crippen molar-refractivity contribution in [2.45, 2.75) is 45.4 Å². The molecule has 1 aliphatic carbocycles. The van der Waals surface area contributed by atoms with Crippen molar-refractivity contribution < 1.29 is 14.3 Å². The molecule has 0 unspecified atom stereocenters. The molecular weight excluding hydrogens is 179 g/mol. The Bertz CT molecular complexity index is 182. The molecule has 80 valence electrons. The van der Waals surface area contributed by atoms with Gasteiger partial charge in [-0.2, -0.15) is 0 Å². The van der Waals surface area contributed by atoms with Crippen LogP contribution in [0.25, 0.3) is 0 Å². The van der Waals surface area contributed by atoms with Crippen LogP contribution in [0.15, 0.2) is 11.8 Å². The lowest BCUT2D eigenvalue weighted by Gasteiger charge is -2.16. The van der Waals surface area contributed by atoms with E-state index in [0.717, 1.165) is 37.9 Å². The Morgan fingerprint density at radius 3 is 3.00 bits per heavy atom. The summed E-state index contributed by atoms with van der Waals surface area (Å²) in [6.07, 6.45) is 8.41. The van der Waals surface area contributed by atoms with Gasteiger partial charge in [0.2, 0.25) is 0 Å². The topological polar surface area (TPSA) is 38.7 Å². The van der Waals surface area contributed by atoms with Crippen molar-refractivity contribution in [3.8, 4) is 0 Å². The third-order valence-corrected chi connectivity index (χ3v) is 2.26. The summed E-state index contributed by atoms with van der Waals surface area (Å²) in [4.78, 5) is 0. The van der Waals surface area contributed by atoms with Gasteiger partial charge in [0.15, 0.2) is 0 Å². The zero-order valence-corrected chi connectivity index (χ0v) is 8.87. The molecule has 0 aliphatic heterocycles. The summed E-state index contributed by atoms with van der Waals surface area (Å²) in [5, 5.41) is 9.34. The highest BCUT2D eigenvalue weighted by Crippen LogP contribution is 2.18. The first-order valence-corrected chi connectivity index (χ1v) is 5.48. The third-order valence-electron chi connectivity index (χ3n) is 2.26. The van der Waals surface area contributed by atoms with Crippen LogP contribution in [0.2, 0.25) is 0 Å². The summed E-state index contributed by atoms with van der Waals surface area (Å²) in [6.45, 7) is 2.64. The molecule has 1 N–H and O–H groups in total. The molecule has 0 amide bonds. The molecule has 0 heterocycles. The summed E-state index contributed by atoms with van der Waals surface area (Å²) in [6, 6.07) is 0. The molecule has 0 fully saturated rings. The molecule has 0 aromatic heterocycles. The third kappa shape index (κ3) is 4.68. The lowest BCUT2D eigenvalue weighted by atomic mass is 10.1. The van der Waals surface area contributed by atoms with Gasteiger partial charge in [0, 0.05) is 13.0 Å². The quantitative estimate of drug-likeness (QED) is 0.525. The highest BCUT2D eigenvalue weighted by molar-refractivity contribution is 6.34. The van der Waals surface area contributed by atoms with Gasteiger partial charge in [-0.3, -0.25) is 0 Å². The van der Waals surface area contributed by atoms with Gasteiger partial charge >= 0.3 is 7.32 Å². The molecule has 0 spiro atoms. The number of unbranched alkanes of at least 4 members (excludes halogenated alkanes) is 1. The summed E-state index contributed by atoms with van der Waals surface area (Å²) in [5.74, 6) is 0.875. The van der Waals surface area contributed by atoms with Gasteiger partial charge in [0.25, 0.3) is 0 Å². The van der Waals surface area contributed by atoms with Crippen LogP contribution in [0.5, 0.6) is 0 Å². The summed E-state index contributed by atoms with van der Waals surface area (Å²) < 4.78 is 10.3. The minimum atomic E-state index is -1.08. The normalized spacial score (nSPS) is 16.3. The van der Waals surface area contributed by atoms with E-state index in [9.17, 15) is 5.02 Å². The zero-order valence-electron chi connectivity index (χ0n) is 8.87. The predicted molar refractivity (Wildman–Crippen MR) is 56.5 cm³/mol. The van der Waals surface area contributed by atoms with E-state index in [1.54, 1.807) is 0 Å². The van der Waals surface area contributed by atoms with Crippen LogP contribution in [-0.2, 0) is 9.31 Å². The number of rotatable bonds is 6. The van der Waals surface area contributed by atoms with Gasteiger partial charge in [0.05, 0.1) is 5.76 Å². The van der Waals surface area contributed by atoms with E-state index in [-0.39, 0.29) is 0 Å². The van der Waals surface area contributed by atoms with Crippen LogP contribution in [0.3, 0.4) is 0 Å². The van der Waals surface area contributed by atoms with Crippen LogP contribution in [0.4, 0.5) is 0 Å². The molecule has 3 nitrogen and oxygen atoms in total. The SMILES string of the molecule is CCCCOB(O)OC1=CCCCC1. The molecule has 0 radical (unpaired) electrons. The van der Waals surface area contributed by atoms with Crippen molar-refractivity contribution >= 4 is 7.32 Å². The molecule has 0 saturated heterocycles. The Balaban J connectivity index is 2.12. The predicted octanol–water partition coefficient (Wildman–Crippen LogP) is 2.25. The largest absolute Gasteiger partial charge is 0.710 e. The lowest BCUT2D eigenvalue weighted by Crippen LogP contribution is -2.23. The Kier molecular flexibility index (Phi) is 5.72. The summed E-state index contributed by atoms with van der Waals surface area (Å²) >= 11 is 0. The van der Waals surface area contributed by atoms with Crippen molar-refractivity contribution in [2.24, 2.45) is 0 Å². The minimum absolute atomic E-state index is 0.560. The molecule has 1 aliphatic rings. The van der Waals surface area contributed by atoms with E-state index in [1.807, 2.05) is 6.08 Å². The molecule has 0 atom stereocenters. The first kappa shape index (κ1) is 11.6. The zero-order chi connectivity index (χ0) is 10.2. The Hall–Kier alpha value is -0.475. The van der Waals surface area contributed by atoms with Gasteiger partial charge in [-0.25, -0.2) is 0 Å². The number of hydrogen-bond donors (Lipinski definition) is 1. The van der Waals surface area contributed by atoms with Gasteiger partial charge in [-0.05, 0) is 31.8 Å². The first-order valence-electron chi connectivity index (χ1n) is 5.48. The van der Waals surface area contributed by atoms with Crippen molar-refractivity contribution in [3.05, 3.63) is 11.8 Å². The fourth-order valence-corrected chi connectivity index (χ4v) is 1.41. The maximum atomic E-state index is 9.34. The number of hydrogen-bond acceptors (Lipinski definition) is 3. The highest BCUT2D eigenvalue weighted by Gasteiger charge is 2.19. The summed E-state index contributed by atoms with van der Waals surface area (Å²) in [7, 11) is -1.08. The summed E-state index contributed by atoms with van der Waals surface area (Å²) in [5.41, 5.74) is 0. The van der Waals surface area contributed by atoms with E-state index in [0.29, 0.717) is 6.61 Å². The van der Waals surface area contributed by atoms with Crippen molar-refractivity contribution in [1.82, 2.24) is 0 Å². The van der Waals surface area contributed by atoms with Crippen molar-refractivity contribution in [2.75, 3.05) is 6.61 Å². The molecule has 1 rings (SSSR count). The van der Waals surface area contributed by atoms with E-state index in [2.05, 4.69) is 6.92 Å². The molecular formula is C10H19BO3. The van der Waals surface area contributed by atoms with Crippen molar-refractivity contribution in [1.29, 1.82) is 0 Å². The smallest absolute Gasteiger partial charge is 0.516 e. The Labute approximate surface area is 86.3 Å². The second kappa shape index (κ2) is 6.90. The fourth-order valence-electron chi connectivity index (χ4n) is 1.41. The average molecular weight is 198 g/mol. The van der Waals surface area contributed by atoms with Crippen LogP contribution >= 0.6 is 0 Å². The maximum Gasteiger partial charge on any atom is 0.710 e. The minimum Gasteiger partial charge on any atom is -0.516 e. The average Bonchev–Trinajstić information content (AvgIpc) is 2.20. The van der Waals surface area contributed by atoms with E-state index in [4.69, 9.17) is 9.31 Å². The highest BCUT2D eigenvalue weighted by atomic mass is 16.7. The fraction of sp³-hybridized carbons (Fsp3) is 0.800. The second-order valence-corrected chi connectivity index (χ2v) is 3.57. The Morgan fingerprint density at radius 1 is 1.50 bits per heavy atom. The van der Waals surface area contributed by atoms with E-state index < -0.39 is 7.32 Å². The van der Waals surface area contributed by atoms with Gasteiger partial charge < -0.3 is 14.3 Å².